The van der Waals surface area contributed by atoms with Crippen molar-refractivity contribution in [2.75, 3.05) is 32.0 Å². The van der Waals surface area contributed by atoms with Crippen molar-refractivity contribution in [2.24, 2.45) is 5.92 Å². The molecule has 10 heteroatoms. The van der Waals surface area contributed by atoms with Crippen molar-refractivity contribution in [3.8, 4) is 16.9 Å². The molecule has 2 fully saturated rings. The highest BCUT2D eigenvalue weighted by Gasteiger charge is 2.34. The number of alkyl halides is 3. The van der Waals surface area contributed by atoms with E-state index in [9.17, 15) is 18.0 Å². The van der Waals surface area contributed by atoms with Gasteiger partial charge in [0, 0.05) is 55.4 Å². The molecule has 1 amide bonds. The minimum absolute atomic E-state index is 0.00640. The van der Waals surface area contributed by atoms with Crippen LogP contribution in [0.2, 0.25) is 0 Å². The van der Waals surface area contributed by atoms with Crippen LogP contribution in [0.25, 0.3) is 22.0 Å². The van der Waals surface area contributed by atoms with Crippen molar-refractivity contribution in [1.82, 2.24) is 14.9 Å². The second kappa shape index (κ2) is 9.33. The minimum atomic E-state index is -4.61. The van der Waals surface area contributed by atoms with Crippen LogP contribution in [0.3, 0.4) is 0 Å². The smallest absolute Gasteiger partial charge is 0.419 e. The Kier molecular flexibility index (Phi) is 6.22. The number of ether oxygens (including phenoxy) is 2. The summed E-state index contributed by atoms with van der Waals surface area (Å²) in [6.45, 7) is 2.38. The number of halogens is 3. The molecule has 1 atom stereocenters. The maximum Gasteiger partial charge on any atom is 0.419 e. The van der Waals surface area contributed by atoms with Gasteiger partial charge in [-0.15, -0.1) is 0 Å². The molecule has 7 nitrogen and oxygen atoms in total. The lowest BCUT2D eigenvalue weighted by molar-refractivity contribution is -0.138. The van der Waals surface area contributed by atoms with E-state index in [1.165, 1.54) is 6.20 Å². The van der Waals surface area contributed by atoms with E-state index in [0.717, 1.165) is 18.9 Å². The lowest BCUT2D eigenvalue weighted by atomic mass is 9.99. The van der Waals surface area contributed by atoms with E-state index in [1.807, 2.05) is 4.90 Å². The molecule has 0 aliphatic carbocycles. The van der Waals surface area contributed by atoms with Crippen LogP contribution in [0.15, 0.2) is 42.7 Å². The Morgan fingerprint density at radius 1 is 1.11 bits per heavy atom. The second-order valence-corrected chi connectivity index (χ2v) is 8.89. The topological polar surface area (TPSA) is 90.6 Å². The molecule has 0 unspecified atom stereocenters. The molecule has 3 aromatic rings. The summed E-state index contributed by atoms with van der Waals surface area (Å²) in [4.78, 5) is 22.8. The summed E-state index contributed by atoms with van der Waals surface area (Å²) in [7, 11) is 0. The Labute approximate surface area is 200 Å². The lowest BCUT2D eigenvalue weighted by Gasteiger charge is -2.26. The van der Waals surface area contributed by atoms with Crippen LogP contribution in [0.5, 0.6) is 5.75 Å². The number of likely N-dealkylation sites (tertiary alicyclic amines) is 1. The number of benzene rings is 1. The SMILES string of the molecule is Nc1ncc(-c2ccnc3ccc(O[C@H]4CCN(C(=O)C5CCOCC5)C4)cc23)cc1C(F)(F)F. The summed E-state index contributed by atoms with van der Waals surface area (Å²) in [6, 6.07) is 7.96. The molecule has 0 radical (unpaired) electrons. The average Bonchev–Trinajstić information content (AvgIpc) is 3.32. The summed E-state index contributed by atoms with van der Waals surface area (Å²) in [6.07, 6.45) is 0.299. The van der Waals surface area contributed by atoms with Crippen LogP contribution in [0.4, 0.5) is 19.0 Å². The highest BCUT2D eigenvalue weighted by Crippen LogP contribution is 2.37. The number of nitrogen functional groups attached to an aromatic ring is 1. The fourth-order valence-corrected chi connectivity index (χ4v) is 4.72. The van der Waals surface area contributed by atoms with Crippen LogP contribution < -0.4 is 10.5 Å². The van der Waals surface area contributed by atoms with Crippen LogP contribution in [0, 0.1) is 5.92 Å². The first kappa shape index (κ1) is 23.3. The molecule has 0 saturated carbocycles. The first-order valence-electron chi connectivity index (χ1n) is 11.5. The molecule has 1 aromatic carbocycles. The van der Waals surface area contributed by atoms with Crippen molar-refractivity contribution in [1.29, 1.82) is 0 Å². The summed E-state index contributed by atoms with van der Waals surface area (Å²) in [5.41, 5.74) is 5.92. The van der Waals surface area contributed by atoms with E-state index < -0.39 is 17.6 Å². The Hall–Kier alpha value is -3.40. The van der Waals surface area contributed by atoms with Gasteiger partial charge in [-0.05, 0) is 48.7 Å². The third-order valence-corrected chi connectivity index (χ3v) is 6.58. The molecular formula is C25H25F3N4O3. The molecule has 2 aromatic heterocycles. The number of nitrogens with zero attached hydrogens (tertiary/aromatic N) is 3. The average molecular weight is 486 g/mol. The molecule has 5 rings (SSSR count). The van der Waals surface area contributed by atoms with Crippen LogP contribution in [-0.4, -0.2) is 53.2 Å². The Morgan fingerprint density at radius 2 is 1.91 bits per heavy atom. The van der Waals surface area contributed by atoms with E-state index >= 15 is 0 Å². The number of nitrogens with two attached hydrogens (primary N) is 1. The number of anilines is 1. The van der Waals surface area contributed by atoms with Gasteiger partial charge in [0.05, 0.1) is 17.6 Å². The summed E-state index contributed by atoms with van der Waals surface area (Å²) in [5, 5.41) is 0.637. The summed E-state index contributed by atoms with van der Waals surface area (Å²) >= 11 is 0. The fraction of sp³-hybridized carbons (Fsp3) is 0.400. The largest absolute Gasteiger partial charge is 0.488 e. The molecule has 0 spiro atoms. The highest BCUT2D eigenvalue weighted by atomic mass is 19.4. The fourth-order valence-electron chi connectivity index (χ4n) is 4.72. The van der Waals surface area contributed by atoms with E-state index in [4.69, 9.17) is 15.2 Å². The number of rotatable bonds is 4. The zero-order valence-electron chi connectivity index (χ0n) is 18.9. The molecule has 2 saturated heterocycles. The van der Waals surface area contributed by atoms with Gasteiger partial charge in [0.25, 0.3) is 0 Å². The predicted molar refractivity (Wildman–Crippen MR) is 124 cm³/mol. The van der Waals surface area contributed by atoms with Gasteiger partial charge in [-0.1, -0.05) is 0 Å². The van der Waals surface area contributed by atoms with Crippen molar-refractivity contribution in [3.63, 3.8) is 0 Å². The van der Waals surface area contributed by atoms with Crippen molar-refractivity contribution < 1.29 is 27.4 Å². The van der Waals surface area contributed by atoms with Gasteiger partial charge in [0.15, 0.2) is 0 Å². The van der Waals surface area contributed by atoms with E-state index in [0.29, 0.717) is 54.9 Å². The van der Waals surface area contributed by atoms with Crippen molar-refractivity contribution in [3.05, 3.63) is 48.3 Å². The number of hydrogen-bond acceptors (Lipinski definition) is 6. The van der Waals surface area contributed by atoms with Gasteiger partial charge in [-0.3, -0.25) is 9.78 Å². The summed E-state index contributed by atoms with van der Waals surface area (Å²) in [5.74, 6) is 0.161. The number of amides is 1. The van der Waals surface area contributed by atoms with Crippen LogP contribution in [-0.2, 0) is 15.7 Å². The standard InChI is InChI=1S/C25H25F3N4O3/c26-25(27,28)21-11-16(13-31-23(21)29)19-3-7-30-22-2-1-17(12-20(19)22)35-18-4-8-32(14-18)24(33)15-5-9-34-10-6-15/h1-3,7,11-13,15,18H,4-6,8-10,14H2,(H2,29,31)/t18-/m0/s1. The van der Waals surface area contributed by atoms with Crippen molar-refractivity contribution in [2.45, 2.75) is 31.5 Å². The zero-order valence-corrected chi connectivity index (χ0v) is 18.9. The quantitative estimate of drug-likeness (QED) is 0.591. The number of pyridine rings is 2. The maximum atomic E-state index is 13.4. The van der Waals surface area contributed by atoms with Crippen LogP contribution in [0.1, 0.15) is 24.8 Å². The molecule has 35 heavy (non-hydrogen) atoms. The zero-order chi connectivity index (χ0) is 24.6. The predicted octanol–water partition coefficient (Wildman–Crippen LogP) is 4.30. The summed E-state index contributed by atoms with van der Waals surface area (Å²) < 4.78 is 51.6. The van der Waals surface area contributed by atoms with E-state index in [1.54, 1.807) is 30.5 Å². The number of carbonyl (C=O) groups is 1. The first-order chi connectivity index (χ1) is 16.8. The number of carbonyl (C=O) groups excluding carboxylic acids is 1. The number of fused-ring (bicyclic) bond motifs is 1. The van der Waals surface area contributed by atoms with Crippen molar-refractivity contribution >= 4 is 22.6 Å². The van der Waals surface area contributed by atoms with E-state index in [2.05, 4.69) is 9.97 Å². The van der Waals surface area contributed by atoms with Gasteiger partial charge < -0.3 is 20.1 Å². The molecule has 184 valence electrons. The molecule has 2 aliphatic heterocycles. The molecule has 2 N–H and O–H groups in total. The van der Waals surface area contributed by atoms with Gasteiger partial charge in [-0.2, -0.15) is 13.2 Å². The van der Waals surface area contributed by atoms with Crippen LogP contribution >= 0.6 is 0 Å². The molecule has 4 heterocycles. The second-order valence-electron chi connectivity index (χ2n) is 8.89. The molecular weight excluding hydrogens is 461 g/mol. The maximum absolute atomic E-state index is 13.4. The normalized spacial score (nSPS) is 19.3. The van der Waals surface area contributed by atoms with Gasteiger partial charge in [0.1, 0.15) is 17.7 Å². The van der Waals surface area contributed by atoms with Gasteiger partial charge in [-0.25, -0.2) is 4.98 Å². The van der Waals surface area contributed by atoms with Gasteiger partial charge in [0.2, 0.25) is 5.91 Å². The molecule has 2 aliphatic rings. The Balaban J connectivity index is 1.37. The lowest BCUT2D eigenvalue weighted by Crippen LogP contribution is -2.38. The third kappa shape index (κ3) is 4.88. The molecule has 0 bridgehead atoms. The third-order valence-electron chi connectivity index (χ3n) is 6.58. The first-order valence-corrected chi connectivity index (χ1v) is 11.5. The van der Waals surface area contributed by atoms with Gasteiger partial charge >= 0.3 is 6.18 Å². The van der Waals surface area contributed by atoms with E-state index in [-0.39, 0.29) is 23.5 Å². The number of aromatic nitrogens is 2. The highest BCUT2D eigenvalue weighted by molar-refractivity contribution is 5.95. The Bertz CT molecular complexity index is 1240. The Morgan fingerprint density at radius 3 is 2.69 bits per heavy atom. The number of hydrogen-bond donors (Lipinski definition) is 1. The monoisotopic (exact) mass is 486 g/mol. The minimum Gasteiger partial charge on any atom is -0.488 e.